The molecule has 0 bridgehead atoms. The van der Waals surface area contributed by atoms with E-state index in [1.54, 1.807) is 0 Å². The molecule has 0 aromatic carbocycles. The first-order valence-electron chi connectivity index (χ1n) is 23.6. The van der Waals surface area contributed by atoms with E-state index in [4.69, 9.17) is 14.2 Å². The number of carbonyl (C=O) groups excluding carboxylic acids is 3. The van der Waals surface area contributed by atoms with Gasteiger partial charge in [-0.2, -0.15) is 0 Å². The van der Waals surface area contributed by atoms with Crippen LogP contribution >= 0.6 is 0 Å². The maximum absolute atomic E-state index is 12.7. The normalized spacial score (nSPS) is 12.4. The maximum Gasteiger partial charge on any atom is 0.306 e. The molecule has 1 atom stereocenters. The molecular formula is C50H88O6. The Kier molecular flexibility index (Phi) is 43.0. The van der Waals surface area contributed by atoms with Crippen LogP contribution in [-0.2, 0) is 28.6 Å². The average molecular weight is 785 g/mol. The van der Waals surface area contributed by atoms with Gasteiger partial charge in [-0.25, -0.2) is 0 Å². The fourth-order valence-electron chi connectivity index (χ4n) is 6.46. The number of ether oxygens (including phenoxy) is 3. The van der Waals surface area contributed by atoms with Crippen molar-refractivity contribution in [2.75, 3.05) is 13.2 Å². The van der Waals surface area contributed by atoms with Gasteiger partial charge in [0, 0.05) is 19.3 Å². The van der Waals surface area contributed by atoms with Crippen LogP contribution in [-0.4, -0.2) is 37.2 Å². The number of allylic oxidation sites excluding steroid dienone is 8. The number of hydrogen-bond acceptors (Lipinski definition) is 6. The molecule has 0 saturated carbocycles. The number of unbranched alkanes of at least 4 members (excludes halogenated alkanes) is 23. The zero-order valence-corrected chi connectivity index (χ0v) is 36.9. The Morgan fingerprint density at radius 2 is 0.679 bits per heavy atom. The zero-order valence-electron chi connectivity index (χ0n) is 36.9. The quantitative estimate of drug-likeness (QED) is 0.0265. The van der Waals surface area contributed by atoms with Gasteiger partial charge in [0.05, 0.1) is 0 Å². The first-order chi connectivity index (χ1) is 27.5. The van der Waals surface area contributed by atoms with Crippen LogP contribution in [0, 0.1) is 0 Å². The summed E-state index contributed by atoms with van der Waals surface area (Å²) in [5.74, 6) is -0.910. The second-order valence-electron chi connectivity index (χ2n) is 15.7. The molecule has 0 N–H and O–H groups in total. The minimum Gasteiger partial charge on any atom is -0.462 e. The molecule has 0 amide bonds. The van der Waals surface area contributed by atoms with Crippen LogP contribution in [0.1, 0.15) is 233 Å². The van der Waals surface area contributed by atoms with Gasteiger partial charge in [-0.3, -0.25) is 14.4 Å². The lowest BCUT2D eigenvalue weighted by Crippen LogP contribution is -2.30. The van der Waals surface area contributed by atoms with E-state index >= 15 is 0 Å². The number of carbonyl (C=O) groups is 3. The second kappa shape index (κ2) is 45.1. The van der Waals surface area contributed by atoms with Crippen molar-refractivity contribution in [3.8, 4) is 0 Å². The highest BCUT2D eigenvalue weighted by molar-refractivity contribution is 5.71. The van der Waals surface area contributed by atoms with E-state index in [-0.39, 0.29) is 31.1 Å². The Hall–Kier alpha value is -2.63. The van der Waals surface area contributed by atoms with Crippen molar-refractivity contribution < 1.29 is 28.6 Å². The Balaban J connectivity index is 4.41. The first-order valence-corrected chi connectivity index (χ1v) is 23.6. The molecular weight excluding hydrogens is 697 g/mol. The smallest absolute Gasteiger partial charge is 0.306 e. The van der Waals surface area contributed by atoms with E-state index in [2.05, 4.69) is 69.4 Å². The molecule has 6 nitrogen and oxygen atoms in total. The van der Waals surface area contributed by atoms with Crippen molar-refractivity contribution in [3.63, 3.8) is 0 Å². The Labute approximate surface area is 346 Å². The van der Waals surface area contributed by atoms with Gasteiger partial charge in [-0.05, 0) is 70.6 Å². The highest BCUT2D eigenvalue weighted by atomic mass is 16.6. The maximum atomic E-state index is 12.7. The van der Waals surface area contributed by atoms with Crippen LogP contribution in [0.3, 0.4) is 0 Å². The highest BCUT2D eigenvalue weighted by Crippen LogP contribution is 2.14. The van der Waals surface area contributed by atoms with Crippen LogP contribution in [0.15, 0.2) is 48.6 Å². The summed E-state index contributed by atoms with van der Waals surface area (Å²) in [5, 5.41) is 0. The summed E-state index contributed by atoms with van der Waals surface area (Å²) in [7, 11) is 0. The third kappa shape index (κ3) is 42.5. The van der Waals surface area contributed by atoms with Crippen LogP contribution in [0.4, 0.5) is 0 Å². The molecule has 0 saturated heterocycles. The number of hydrogen-bond donors (Lipinski definition) is 0. The lowest BCUT2D eigenvalue weighted by molar-refractivity contribution is -0.167. The third-order valence-corrected chi connectivity index (χ3v) is 10.0. The highest BCUT2D eigenvalue weighted by Gasteiger charge is 2.19. The second-order valence-corrected chi connectivity index (χ2v) is 15.7. The summed E-state index contributed by atoms with van der Waals surface area (Å²) < 4.78 is 16.7. The van der Waals surface area contributed by atoms with Gasteiger partial charge in [-0.15, -0.1) is 0 Å². The summed E-state index contributed by atoms with van der Waals surface area (Å²) in [6.45, 7) is 6.48. The van der Waals surface area contributed by atoms with Crippen molar-refractivity contribution >= 4 is 17.9 Å². The van der Waals surface area contributed by atoms with Crippen molar-refractivity contribution in [3.05, 3.63) is 48.6 Å². The fraction of sp³-hybridized carbons (Fsp3) is 0.780. The summed E-state index contributed by atoms with van der Waals surface area (Å²) >= 11 is 0. The van der Waals surface area contributed by atoms with Crippen molar-refractivity contribution in [2.45, 2.75) is 239 Å². The molecule has 324 valence electrons. The summed E-state index contributed by atoms with van der Waals surface area (Å²) in [5.41, 5.74) is 0. The van der Waals surface area contributed by atoms with E-state index in [1.807, 2.05) is 0 Å². The van der Waals surface area contributed by atoms with Gasteiger partial charge >= 0.3 is 17.9 Å². The van der Waals surface area contributed by atoms with Gasteiger partial charge in [0.15, 0.2) is 6.10 Å². The van der Waals surface area contributed by atoms with Crippen LogP contribution in [0.5, 0.6) is 0 Å². The van der Waals surface area contributed by atoms with E-state index in [1.165, 1.54) is 77.0 Å². The Morgan fingerprint density at radius 1 is 0.357 bits per heavy atom. The van der Waals surface area contributed by atoms with Crippen molar-refractivity contribution in [2.24, 2.45) is 0 Å². The Bertz CT molecular complexity index is 996. The molecule has 1 unspecified atom stereocenters. The molecule has 6 heteroatoms. The fourth-order valence-corrected chi connectivity index (χ4v) is 6.46. The molecule has 0 spiro atoms. The van der Waals surface area contributed by atoms with E-state index in [0.29, 0.717) is 19.3 Å². The molecule has 0 radical (unpaired) electrons. The standard InChI is InChI=1S/C50H88O6/c1-4-7-10-13-16-19-22-25-28-31-34-37-40-43-49(52)55-46-47(45-54-48(51)42-39-36-33-30-27-24-21-18-15-12-9-6-3)56-50(53)44-41-38-35-32-29-26-23-20-17-14-11-8-5-2/h10-11,13-14,19-20,22-23,47H,4-9,12,15-18,21,24-46H2,1-3H3/b13-10-,14-11-,22-19-,23-20-. The molecule has 0 aromatic heterocycles. The van der Waals surface area contributed by atoms with Crippen molar-refractivity contribution in [1.29, 1.82) is 0 Å². The SMILES string of the molecule is CCC/C=C\C/C=C\CCCCCCCC(=O)OCC(COC(=O)CCCCCCCCCCCCCC)OC(=O)CCCCCCC/C=C\C/C=C\CCC. The average Bonchev–Trinajstić information content (AvgIpc) is 3.19. The molecule has 0 aliphatic rings. The van der Waals surface area contributed by atoms with Crippen LogP contribution in [0.2, 0.25) is 0 Å². The van der Waals surface area contributed by atoms with Gasteiger partial charge < -0.3 is 14.2 Å². The summed E-state index contributed by atoms with van der Waals surface area (Å²) in [4.78, 5) is 37.8. The lowest BCUT2D eigenvalue weighted by Gasteiger charge is -2.18. The molecule has 0 aliphatic heterocycles. The first kappa shape index (κ1) is 53.4. The van der Waals surface area contributed by atoms with Gasteiger partial charge in [0.1, 0.15) is 13.2 Å². The monoisotopic (exact) mass is 785 g/mol. The molecule has 0 heterocycles. The number of rotatable bonds is 42. The molecule has 0 rings (SSSR count). The van der Waals surface area contributed by atoms with E-state index < -0.39 is 6.10 Å². The summed E-state index contributed by atoms with van der Waals surface area (Å²) in [6.07, 6.45) is 52.3. The minimum absolute atomic E-state index is 0.0818. The predicted molar refractivity (Wildman–Crippen MR) is 238 cm³/mol. The minimum atomic E-state index is -0.781. The van der Waals surface area contributed by atoms with Crippen LogP contribution in [0.25, 0.3) is 0 Å². The van der Waals surface area contributed by atoms with Gasteiger partial charge in [-0.1, -0.05) is 191 Å². The van der Waals surface area contributed by atoms with Crippen LogP contribution < -0.4 is 0 Å². The van der Waals surface area contributed by atoms with Gasteiger partial charge in [0.2, 0.25) is 0 Å². The van der Waals surface area contributed by atoms with Crippen molar-refractivity contribution in [1.82, 2.24) is 0 Å². The zero-order chi connectivity index (χ0) is 40.8. The topological polar surface area (TPSA) is 78.9 Å². The Morgan fingerprint density at radius 3 is 1.05 bits per heavy atom. The van der Waals surface area contributed by atoms with E-state index in [9.17, 15) is 14.4 Å². The third-order valence-electron chi connectivity index (χ3n) is 10.0. The predicted octanol–water partition coefficient (Wildman–Crippen LogP) is 15.1. The molecule has 0 fully saturated rings. The lowest BCUT2D eigenvalue weighted by atomic mass is 10.0. The number of esters is 3. The summed E-state index contributed by atoms with van der Waals surface area (Å²) in [6, 6.07) is 0. The molecule has 0 aliphatic carbocycles. The van der Waals surface area contributed by atoms with E-state index in [0.717, 1.165) is 116 Å². The van der Waals surface area contributed by atoms with Gasteiger partial charge in [0.25, 0.3) is 0 Å². The molecule has 0 aromatic rings. The molecule has 56 heavy (non-hydrogen) atoms. The largest absolute Gasteiger partial charge is 0.462 e.